The quantitative estimate of drug-likeness (QED) is 0.668. The molecule has 1 aromatic carbocycles. The topological polar surface area (TPSA) is 21.8 Å². The SMILES string of the molecule is C=Cc1ccc(COC2(CCCC)CO2)cc1. The van der Waals surface area contributed by atoms with Crippen molar-refractivity contribution < 1.29 is 9.47 Å². The molecule has 2 nitrogen and oxygen atoms in total. The lowest BCUT2D eigenvalue weighted by atomic mass is 10.1. The summed E-state index contributed by atoms with van der Waals surface area (Å²) in [6.45, 7) is 7.30. The van der Waals surface area contributed by atoms with E-state index in [0.717, 1.165) is 25.0 Å². The van der Waals surface area contributed by atoms with E-state index in [4.69, 9.17) is 9.47 Å². The summed E-state index contributed by atoms with van der Waals surface area (Å²) in [6, 6.07) is 8.26. The first-order valence-corrected chi connectivity index (χ1v) is 6.27. The van der Waals surface area contributed by atoms with Gasteiger partial charge < -0.3 is 9.47 Å². The van der Waals surface area contributed by atoms with Gasteiger partial charge in [-0.15, -0.1) is 0 Å². The fraction of sp³-hybridized carbons (Fsp3) is 0.467. The molecule has 1 unspecified atom stereocenters. The van der Waals surface area contributed by atoms with Gasteiger partial charge in [-0.05, 0) is 17.5 Å². The van der Waals surface area contributed by atoms with Gasteiger partial charge in [-0.1, -0.05) is 50.3 Å². The lowest BCUT2D eigenvalue weighted by molar-refractivity contribution is -0.0601. The van der Waals surface area contributed by atoms with Crippen LogP contribution in [-0.2, 0) is 16.1 Å². The molecule has 1 saturated heterocycles. The molecule has 0 N–H and O–H groups in total. The first-order valence-electron chi connectivity index (χ1n) is 6.27. The second kappa shape index (κ2) is 5.48. The van der Waals surface area contributed by atoms with Crippen molar-refractivity contribution >= 4 is 6.08 Å². The Balaban J connectivity index is 1.83. The van der Waals surface area contributed by atoms with Crippen molar-refractivity contribution in [3.8, 4) is 0 Å². The van der Waals surface area contributed by atoms with Crippen molar-refractivity contribution in [2.75, 3.05) is 6.61 Å². The van der Waals surface area contributed by atoms with Crippen LogP contribution in [0.2, 0.25) is 0 Å². The normalized spacial score (nSPS) is 22.4. The minimum absolute atomic E-state index is 0.271. The molecule has 1 aromatic rings. The van der Waals surface area contributed by atoms with Gasteiger partial charge in [0.1, 0.15) is 6.61 Å². The largest absolute Gasteiger partial charge is 0.343 e. The molecule has 1 aliphatic rings. The number of benzene rings is 1. The Hall–Kier alpha value is -1.12. The fourth-order valence-corrected chi connectivity index (χ4v) is 1.79. The van der Waals surface area contributed by atoms with Crippen LogP contribution >= 0.6 is 0 Å². The molecular weight excluding hydrogens is 212 g/mol. The molecule has 2 rings (SSSR count). The molecule has 1 aliphatic heterocycles. The van der Waals surface area contributed by atoms with Gasteiger partial charge in [-0.2, -0.15) is 0 Å². The molecule has 0 aliphatic carbocycles. The van der Waals surface area contributed by atoms with Crippen molar-refractivity contribution in [1.82, 2.24) is 0 Å². The maximum absolute atomic E-state index is 5.85. The number of epoxide rings is 1. The third-order valence-corrected chi connectivity index (χ3v) is 3.09. The van der Waals surface area contributed by atoms with Crippen LogP contribution in [0.1, 0.15) is 37.3 Å². The third kappa shape index (κ3) is 3.42. The summed E-state index contributed by atoms with van der Waals surface area (Å²) in [6.07, 6.45) is 5.20. The number of rotatable bonds is 7. The van der Waals surface area contributed by atoms with Crippen LogP contribution in [0.25, 0.3) is 6.08 Å². The highest BCUT2D eigenvalue weighted by molar-refractivity contribution is 5.47. The molecule has 1 fully saturated rings. The predicted octanol–water partition coefficient (Wildman–Crippen LogP) is 3.76. The molecule has 0 spiro atoms. The Labute approximate surface area is 103 Å². The lowest BCUT2D eigenvalue weighted by Gasteiger charge is -2.12. The van der Waals surface area contributed by atoms with Crippen LogP contribution in [0.3, 0.4) is 0 Å². The van der Waals surface area contributed by atoms with Gasteiger partial charge in [0.2, 0.25) is 0 Å². The highest BCUT2D eigenvalue weighted by Gasteiger charge is 2.45. The monoisotopic (exact) mass is 232 g/mol. The molecule has 1 atom stereocenters. The summed E-state index contributed by atoms with van der Waals surface area (Å²) in [4.78, 5) is 0. The van der Waals surface area contributed by atoms with Crippen molar-refractivity contribution in [2.24, 2.45) is 0 Å². The van der Waals surface area contributed by atoms with Crippen molar-refractivity contribution in [3.63, 3.8) is 0 Å². The average molecular weight is 232 g/mol. The lowest BCUT2D eigenvalue weighted by Crippen LogP contribution is -2.15. The van der Waals surface area contributed by atoms with E-state index in [2.05, 4.69) is 37.8 Å². The third-order valence-electron chi connectivity index (χ3n) is 3.09. The van der Waals surface area contributed by atoms with Gasteiger partial charge in [0, 0.05) is 6.42 Å². The number of hydrogen-bond donors (Lipinski definition) is 0. The van der Waals surface area contributed by atoms with Crippen LogP contribution in [-0.4, -0.2) is 12.4 Å². The van der Waals surface area contributed by atoms with E-state index in [1.165, 1.54) is 12.0 Å². The molecule has 17 heavy (non-hydrogen) atoms. The highest BCUT2D eigenvalue weighted by Crippen LogP contribution is 2.34. The maximum Gasteiger partial charge on any atom is 0.192 e. The molecule has 0 aromatic heterocycles. The van der Waals surface area contributed by atoms with E-state index in [1.54, 1.807) is 0 Å². The molecule has 0 amide bonds. The van der Waals surface area contributed by atoms with E-state index in [-0.39, 0.29) is 5.79 Å². The van der Waals surface area contributed by atoms with Gasteiger partial charge in [-0.25, -0.2) is 0 Å². The Bertz CT molecular complexity index is 363. The van der Waals surface area contributed by atoms with Gasteiger partial charge in [0.25, 0.3) is 0 Å². The molecule has 1 heterocycles. The zero-order valence-corrected chi connectivity index (χ0v) is 10.4. The van der Waals surface area contributed by atoms with Gasteiger partial charge in [0.05, 0.1) is 6.61 Å². The molecular formula is C15H20O2. The number of hydrogen-bond acceptors (Lipinski definition) is 2. The smallest absolute Gasteiger partial charge is 0.192 e. The van der Waals surface area contributed by atoms with Gasteiger partial charge >= 0.3 is 0 Å². The highest BCUT2D eigenvalue weighted by atomic mass is 16.8. The number of ether oxygens (including phenoxy) is 2. The van der Waals surface area contributed by atoms with Gasteiger partial charge in [0.15, 0.2) is 5.79 Å². The zero-order valence-electron chi connectivity index (χ0n) is 10.4. The van der Waals surface area contributed by atoms with Crippen LogP contribution < -0.4 is 0 Å². The molecule has 0 radical (unpaired) electrons. The summed E-state index contributed by atoms with van der Waals surface area (Å²) in [5.74, 6) is -0.271. The average Bonchev–Trinajstić information content (AvgIpc) is 3.15. The first-order chi connectivity index (χ1) is 8.28. The number of unbranched alkanes of at least 4 members (excludes halogenated alkanes) is 1. The van der Waals surface area contributed by atoms with Gasteiger partial charge in [-0.3, -0.25) is 0 Å². The Morgan fingerprint density at radius 1 is 1.41 bits per heavy atom. The van der Waals surface area contributed by atoms with Crippen LogP contribution in [0.4, 0.5) is 0 Å². The first kappa shape index (κ1) is 12.3. The van der Waals surface area contributed by atoms with E-state index >= 15 is 0 Å². The van der Waals surface area contributed by atoms with E-state index < -0.39 is 0 Å². The Morgan fingerprint density at radius 2 is 2.12 bits per heavy atom. The van der Waals surface area contributed by atoms with E-state index in [9.17, 15) is 0 Å². The van der Waals surface area contributed by atoms with Crippen LogP contribution in [0, 0.1) is 0 Å². The van der Waals surface area contributed by atoms with Crippen molar-refractivity contribution in [2.45, 2.75) is 38.6 Å². The minimum atomic E-state index is -0.271. The van der Waals surface area contributed by atoms with E-state index in [0.29, 0.717) is 6.61 Å². The summed E-state index contributed by atoms with van der Waals surface area (Å²) in [5, 5.41) is 0. The van der Waals surface area contributed by atoms with E-state index in [1.807, 2.05) is 6.08 Å². The second-order valence-corrected chi connectivity index (χ2v) is 4.54. The minimum Gasteiger partial charge on any atom is -0.343 e. The van der Waals surface area contributed by atoms with Crippen LogP contribution in [0.15, 0.2) is 30.8 Å². The second-order valence-electron chi connectivity index (χ2n) is 4.54. The molecule has 0 bridgehead atoms. The summed E-state index contributed by atoms with van der Waals surface area (Å²) >= 11 is 0. The Kier molecular flexibility index (Phi) is 3.97. The van der Waals surface area contributed by atoms with Crippen molar-refractivity contribution in [3.05, 3.63) is 42.0 Å². The van der Waals surface area contributed by atoms with Crippen LogP contribution in [0.5, 0.6) is 0 Å². The summed E-state index contributed by atoms with van der Waals surface area (Å²) in [7, 11) is 0. The summed E-state index contributed by atoms with van der Waals surface area (Å²) in [5.41, 5.74) is 2.32. The Morgan fingerprint density at radius 3 is 2.65 bits per heavy atom. The molecule has 0 saturated carbocycles. The molecule has 92 valence electrons. The predicted molar refractivity (Wildman–Crippen MR) is 69.5 cm³/mol. The standard InChI is InChI=1S/C15H20O2/c1-3-5-10-15(12-17-15)16-11-14-8-6-13(4-2)7-9-14/h4,6-9H,2-3,5,10-12H2,1H3. The molecule has 2 heteroatoms. The fourth-order valence-electron chi connectivity index (χ4n) is 1.79. The summed E-state index contributed by atoms with van der Waals surface area (Å²) < 4.78 is 11.3. The van der Waals surface area contributed by atoms with Crippen molar-refractivity contribution in [1.29, 1.82) is 0 Å². The zero-order chi connectivity index (χ0) is 12.1. The maximum atomic E-state index is 5.85.